The third kappa shape index (κ3) is 6.43. The number of phenols is 1. The van der Waals surface area contributed by atoms with Crippen molar-refractivity contribution >= 4 is 30.7 Å². The number of ether oxygens (including phenoxy) is 1. The molecule has 16 nitrogen and oxygen atoms in total. The number of phosphoric acid groups is 1. The first-order chi connectivity index (χ1) is 22.7. The topological polar surface area (TPSA) is 248 Å². The SMILES string of the molecule is Cc1cn([C@H]2C[C@H](NC(=O)c3ccc(C(=O)O)c(-c4c5ccc(=O)cc-5oc5cc(O)ccc45)c3)[C@@H](COP(=O)(O)O)O2)c(=O)[nH]c1=O. The summed E-state index contributed by atoms with van der Waals surface area (Å²) in [5, 5.41) is 23.3. The molecule has 3 heterocycles. The molecular formula is C31H26N3O13P. The van der Waals surface area contributed by atoms with E-state index in [2.05, 4.69) is 14.8 Å². The van der Waals surface area contributed by atoms with Gasteiger partial charge in [-0.3, -0.25) is 28.5 Å². The summed E-state index contributed by atoms with van der Waals surface area (Å²) in [5.74, 6) is -2.09. The van der Waals surface area contributed by atoms with Gasteiger partial charge in [0.05, 0.1) is 18.2 Å². The van der Waals surface area contributed by atoms with Gasteiger partial charge in [0.15, 0.2) is 5.43 Å². The molecule has 0 saturated carbocycles. The lowest BCUT2D eigenvalue weighted by atomic mass is 9.89. The maximum absolute atomic E-state index is 13.7. The van der Waals surface area contributed by atoms with Crippen LogP contribution in [0.4, 0.5) is 0 Å². The van der Waals surface area contributed by atoms with E-state index in [0.29, 0.717) is 16.5 Å². The van der Waals surface area contributed by atoms with Crippen molar-refractivity contribution in [1.82, 2.24) is 14.9 Å². The maximum atomic E-state index is 13.7. The molecule has 2 aliphatic heterocycles. The molecule has 1 saturated heterocycles. The van der Waals surface area contributed by atoms with E-state index in [9.17, 15) is 48.5 Å². The molecular weight excluding hydrogens is 653 g/mol. The number of carboxylic acids is 1. The Kier molecular flexibility index (Phi) is 8.37. The fourth-order valence-electron chi connectivity index (χ4n) is 5.66. The lowest BCUT2D eigenvalue weighted by Crippen LogP contribution is -2.42. The second-order valence-corrected chi connectivity index (χ2v) is 12.3. The number of hydrogen-bond acceptors (Lipinski definition) is 10. The number of amides is 1. The number of phosphoric ester groups is 1. The van der Waals surface area contributed by atoms with Crippen LogP contribution < -0.4 is 22.0 Å². The van der Waals surface area contributed by atoms with Crippen molar-refractivity contribution in [3.8, 4) is 28.2 Å². The minimum Gasteiger partial charge on any atom is -0.508 e. The number of benzene rings is 3. The van der Waals surface area contributed by atoms with Crippen LogP contribution in [0.15, 0.2) is 79.6 Å². The molecule has 0 radical (unpaired) electrons. The minimum atomic E-state index is -4.96. The van der Waals surface area contributed by atoms with Gasteiger partial charge in [-0.15, -0.1) is 0 Å². The Balaban J connectivity index is 1.41. The fraction of sp³-hybridized carbons (Fsp3) is 0.194. The molecule has 6 rings (SSSR count). The first-order valence-corrected chi connectivity index (χ1v) is 15.8. The Morgan fingerprint density at radius 2 is 1.83 bits per heavy atom. The standard InChI is InChI=1S/C31H26N3O13P/c1-14-12-34(31(41)33-28(14)37)26-11-22(25(47-26)13-45-48(42,43)44)32-29(38)15-2-5-18(30(39)40)21(8-15)27-19-6-3-16(35)9-23(19)46-24-10-17(36)4-7-20(24)27/h2-10,12,22,25-26,35H,11,13H2,1H3,(H,32,38)(H,39,40)(H,33,37,41)(H2,42,43,44)/t22-,25+,26+/m0/s1. The number of phenolic OH excluding ortho intramolecular Hbond substituents is 1. The number of aromatic hydroxyl groups is 1. The molecule has 3 aliphatic rings. The van der Waals surface area contributed by atoms with Crippen LogP contribution in [0.1, 0.15) is 38.9 Å². The van der Waals surface area contributed by atoms with E-state index in [-0.39, 0.29) is 51.2 Å². The predicted molar refractivity (Wildman–Crippen MR) is 167 cm³/mol. The molecule has 248 valence electrons. The van der Waals surface area contributed by atoms with E-state index in [1.54, 1.807) is 0 Å². The molecule has 6 N–H and O–H groups in total. The fourth-order valence-corrected chi connectivity index (χ4v) is 6.00. The zero-order chi connectivity index (χ0) is 34.5. The Hall–Kier alpha value is -5.38. The van der Waals surface area contributed by atoms with Crippen LogP contribution in [0.2, 0.25) is 0 Å². The maximum Gasteiger partial charge on any atom is 0.469 e. The van der Waals surface area contributed by atoms with Crippen molar-refractivity contribution in [3.05, 3.63) is 109 Å². The van der Waals surface area contributed by atoms with Gasteiger partial charge in [0.2, 0.25) is 0 Å². The van der Waals surface area contributed by atoms with Gasteiger partial charge in [-0.1, -0.05) is 0 Å². The average Bonchev–Trinajstić information content (AvgIpc) is 3.41. The Morgan fingerprint density at radius 1 is 1.06 bits per heavy atom. The van der Waals surface area contributed by atoms with Gasteiger partial charge in [0.25, 0.3) is 11.5 Å². The van der Waals surface area contributed by atoms with Crippen LogP contribution in [-0.4, -0.2) is 60.2 Å². The smallest absolute Gasteiger partial charge is 0.469 e. The molecule has 0 unspecified atom stereocenters. The zero-order valence-electron chi connectivity index (χ0n) is 24.8. The summed E-state index contributed by atoms with van der Waals surface area (Å²) in [5.41, 5.74) is -0.925. The van der Waals surface area contributed by atoms with Crippen LogP contribution in [0.5, 0.6) is 5.75 Å². The molecule has 3 atom stereocenters. The lowest BCUT2D eigenvalue weighted by molar-refractivity contribution is -0.0283. The largest absolute Gasteiger partial charge is 0.508 e. The number of nitrogens with zero attached hydrogens (tertiary/aromatic N) is 1. The Morgan fingerprint density at radius 3 is 2.56 bits per heavy atom. The van der Waals surface area contributed by atoms with Crippen molar-refractivity contribution in [2.24, 2.45) is 0 Å². The van der Waals surface area contributed by atoms with Crippen LogP contribution in [0, 0.1) is 6.92 Å². The van der Waals surface area contributed by atoms with Crippen LogP contribution >= 0.6 is 7.82 Å². The number of aromatic amines is 1. The molecule has 0 bridgehead atoms. The highest BCUT2D eigenvalue weighted by molar-refractivity contribution is 7.46. The van der Waals surface area contributed by atoms with Gasteiger partial charge < -0.3 is 34.5 Å². The summed E-state index contributed by atoms with van der Waals surface area (Å²) in [6, 6.07) is 11.0. The van der Waals surface area contributed by atoms with Crippen molar-refractivity contribution < 1.29 is 47.8 Å². The molecule has 3 aromatic rings. The van der Waals surface area contributed by atoms with E-state index in [1.807, 2.05) is 0 Å². The predicted octanol–water partition coefficient (Wildman–Crippen LogP) is 2.32. The lowest BCUT2D eigenvalue weighted by Gasteiger charge is -2.21. The number of nitrogens with one attached hydrogen (secondary N) is 2. The highest BCUT2D eigenvalue weighted by Gasteiger charge is 2.39. The zero-order valence-corrected chi connectivity index (χ0v) is 25.7. The van der Waals surface area contributed by atoms with E-state index < -0.39 is 55.9 Å². The number of aromatic nitrogens is 2. The van der Waals surface area contributed by atoms with Crippen LogP contribution in [0.25, 0.3) is 33.4 Å². The number of carbonyl (C=O) groups excluding carboxylic acids is 1. The van der Waals surface area contributed by atoms with Crippen LogP contribution in [0.3, 0.4) is 0 Å². The van der Waals surface area contributed by atoms with Crippen molar-refractivity contribution in [2.75, 3.05) is 6.61 Å². The first kappa shape index (κ1) is 32.6. The number of carbonyl (C=O) groups is 2. The average molecular weight is 680 g/mol. The quantitative estimate of drug-likeness (QED) is 0.102. The van der Waals surface area contributed by atoms with Gasteiger partial charge in [-0.2, -0.15) is 0 Å². The van der Waals surface area contributed by atoms with Gasteiger partial charge in [-0.05, 0) is 55.0 Å². The molecule has 0 spiro atoms. The molecule has 1 fully saturated rings. The third-order valence-corrected chi connectivity index (χ3v) is 8.36. The molecule has 48 heavy (non-hydrogen) atoms. The molecule has 1 aliphatic carbocycles. The van der Waals surface area contributed by atoms with Gasteiger partial charge >= 0.3 is 19.5 Å². The highest BCUT2D eigenvalue weighted by Crippen LogP contribution is 2.42. The van der Waals surface area contributed by atoms with Gasteiger partial charge in [0.1, 0.15) is 29.4 Å². The number of aromatic carboxylic acids is 1. The summed E-state index contributed by atoms with van der Waals surface area (Å²) >= 11 is 0. The highest BCUT2D eigenvalue weighted by atomic mass is 31.2. The van der Waals surface area contributed by atoms with Crippen molar-refractivity contribution in [2.45, 2.75) is 31.7 Å². The Bertz CT molecular complexity index is 2300. The van der Waals surface area contributed by atoms with E-state index in [1.165, 1.54) is 67.7 Å². The number of hydrogen-bond donors (Lipinski definition) is 6. The molecule has 2 aromatic carbocycles. The van der Waals surface area contributed by atoms with Crippen molar-refractivity contribution in [1.29, 1.82) is 0 Å². The number of carboxylic acid groups (broad SMARTS) is 1. The van der Waals surface area contributed by atoms with E-state index in [4.69, 9.17) is 9.15 Å². The van der Waals surface area contributed by atoms with Gasteiger partial charge in [-0.25, -0.2) is 14.2 Å². The second-order valence-electron chi connectivity index (χ2n) is 11.1. The second kappa shape index (κ2) is 12.3. The summed E-state index contributed by atoms with van der Waals surface area (Å²) in [6.07, 6.45) is -1.06. The van der Waals surface area contributed by atoms with Crippen molar-refractivity contribution in [3.63, 3.8) is 0 Å². The summed E-state index contributed by atoms with van der Waals surface area (Å²) in [4.78, 5) is 83.4. The van der Waals surface area contributed by atoms with E-state index >= 15 is 0 Å². The minimum absolute atomic E-state index is 0.0218. The normalized spacial score (nSPS) is 17.9. The molecule has 17 heteroatoms. The van der Waals surface area contributed by atoms with E-state index in [0.717, 1.165) is 4.57 Å². The van der Waals surface area contributed by atoms with Gasteiger partial charge in [0, 0.05) is 52.4 Å². The number of fused-ring (bicyclic) bond motifs is 2. The Labute approximate surface area is 268 Å². The van der Waals surface area contributed by atoms with Crippen LogP contribution in [-0.2, 0) is 13.8 Å². The first-order valence-electron chi connectivity index (χ1n) is 14.2. The number of aryl methyl sites for hydroxylation is 1. The third-order valence-electron chi connectivity index (χ3n) is 7.87. The molecule has 1 aromatic heterocycles. The summed E-state index contributed by atoms with van der Waals surface area (Å²) < 4.78 is 28.9. The number of H-pyrrole nitrogens is 1. The number of rotatable bonds is 8. The summed E-state index contributed by atoms with van der Waals surface area (Å²) in [7, 11) is -4.96. The molecule has 1 amide bonds. The summed E-state index contributed by atoms with van der Waals surface area (Å²) in [6.45, 7) is 0.789. The monoisotopic (exact) mass is 679 g/mol.